The van der Waals surface area contributed by atoms with Gasteiger partial charge in [-0.15, -0.1) is 0 Å². The average Bonchev–Trinajstić information content (AvgIpc) is 2.44. The van der Waals surface area contributed by atoms with E-state index in [1.807, 2.05) is 0 Å². The number of rotatable bonds is 5. The Morgan fingerprint density at radius 3 is 2.85 bits per heavy atom. The van der Waals surface area contributed by atoms with E-state index in [0.29, 0.717) is 18.5 Å². The zero-order chi connectivity index (χ0) is 14.5. The van der Waals surface area contributed by atoms with Crippen LogP contribution in [0, 0.1) is 5.92 Å². The number of carboxylic acid groups (broad SMARTS) is 1. The summed E-state index contributed by atoms with van der Waals surface area (Å²) >= 11 is 0. The minimum Gasteiger partial charge on any atom is -0.496 e. The quantitative estimate of drug-likeness (QED) is 0.895. The number of hydrogen-bond donors (Lipinski definition) is 1. The summed E-state index contributed by atoms with van der Waals surface area (Å²) in [4.78, 5) is 11.0. The fraction of sp³-hybridized carbons (Fsp3) is 0.562. The standard InChI is InChI=1S/C16H22O4/c1-11-4-3-5-13(8-11)20-10-12-6-7-14(16(17)18)15(9-12)19-2/h6-7,9,11,13H,3-5,8,10H2,1-2H3,(H,17,18). The molecule has 0 aliphatic heterocycles. The summed E-state index contributed by atoms with van der Waals surface area (Å²) in [5, 5.41) is 9.04. The number of methoxy groups -OCH3 is 1. The van der Waals surface area contributed by atoms with Crippen molar-refractivity contribution in [1.82, 2.24) is 0 Å². The largest absolute Gasteiger partial charge is 0.496 e. The first kappa shape index (κ1) is 14.9. The van der Waals surface area contributed by atoms with Crippen LogP contribution in [0.5, 0.6) is 5.75 Å². The van der Waals surface area contributed by atoms with E-state index < -0.39 is 5.97 Å². The Bertz CT molecular complexity index is 470. The second-order valence-electron chi connectivity index (χ2n) is 5.54. The minimum absolute atomic E-state index is 0.183. The van der Waals surface area contributed by atoms with Gasteiger partial charge >= 0.3 is 5.97 Å². The lowest BCUT2D eigenvalue weighted by Gasteiger charge is -2.26. The molecule has 1 aliphatic rings. The molecule has 4 heteroatoms. The third-order valence-electron chi connectivity index (χ3n) is 3.87. The van der Waals surface area contributed by atoms with E-state index in [9.17, 15) is 4.79 Å². The van der Waals surface area contributed by atoms with Crippen molar-refractivity contribution in [1.29, 1.82) is 0 Å². The molecule has 0 saturated heterocycles. The molecule has 2 rings (SSSR count). The molecule has 4 nitrogen and oxygen atoms in total. The molecule has 0 bridgehead atoms. The second kappa shape index (κ2) is 6.75. The number of aromatic carboxylic acids is 1. The van der Waals surface area contributed by atoms with Crippen LogP contribution in [0.15, 0.2) is 18.2 Å². The van der Waals surface area contributed by atoms with E-state index in [-0.39, 0.29) is 5.56 Å². The van der Waals surface area contributed by atoms with Crippen molar-refractivity contribution in [3.05, 3.63) is 29.3 Å². The van der Waals surface area contributed by atoms with Gasteiger partial charge in [0.2, 0.25) is 0 Å². The average molecular weight is 278 g/mol. The molecule has 1 N–H and O–H groups in total. The lowest BCUT2D eigenvalue weighted by Crippen LogP contribution is -2.21. The van der Waals surface area contributed by atoms with Crippen LogP contribution in [0.2, 0.25) is 0 Å². The molecule has 0 heterocycles. The smallest absolute Gasteiger partial charge is 0.339 e. The zero-order valence-corrected chi connectivity index (χ0v) is 12.1. The summed E-state index contributed by atoms with van der Waals surface area (Å²) in [5.74, 6) is 0.142. The Labute approximate surface area is 119 Å². The maximum absolute atomic E-state index is 11.0. The molecule has 1 saturated carbocycles. The Hall–Kier alpha value is -1.55. The van der Waals surface area contributed by atoms with E-state index in [4.69, 9.17) is 14.6 Å². The van der Waals surface area contributed by atoms with Gasteiger partial charge in [0.05, 0.1) is 19.8 Å². The topological polar surface area (TPSA) is 55.8 Å². The van der Waals surface area contributed by atoms with Crippen LogP contribution in [-0.4, -0.2) is 24.3 Å². The first-order valence-electron chi connectivity index (χ1n) is 7.12. The zero-order valence-electron chi connectivity index (χ0n) is 12.1. The Morgan fingerprint density at radius 2 is 2.20 bits per heavy atom. The molecule has 0 radical (unpaired) electrons. The van der Waals surface area contributed by atoms with Crippen molar-refractivity contribution in [2.75, 3.05) is 7.11 Å². The molecule has 1 aliphatic carbocycles. The predicted octanol–water partition coefficient (Wildman–Crippen LogP) is 3.49. The highest BCUT2D eigenvalue weighted by Crippen LogP contribution is 2.27. The van der Waals surface area contributed by atoms with Gasteiger partial charge in [0.25, 0.3) is 0 Å². The van der Waals surface area contributed by atoms with Crippen molar-refractivity contribution >= 4 is 5.97 Å². The van der Waals surface area contributed by atoms with Crippen LogP contribution >= 0.6 is 0 Å². The minimum atomic E-state index is -0.976. The SMILES string of the molecule is COc1cc(COC2CCCC(C)C2)ccc1C(=O)O. The summed E-state index contributed by atoms with van der Waals surface area (Å²) in [6.07, 6.45) is 5.08. The van der Waals surface area contributed by atoms with Crippen LogP contribution in [-0.2, 0) is 11.3 Å². The monoisotopic (exact) mass is 278 g/mol. The van der Waals surface area contributed by atoms with Gasteiger partial charge in [-0.2, -0.15) is 0 Å². The van der Waals surface area contributed by atoms with Crippen LogP contribution in [0.1, 0.15) is 48.5 Å². The van der Waals surface area contributed by atoms with E-state index >= 15 is 0 Å². The maximum Gasteiger partial charge on any atom is 0.339 e. The Kier molecular flexibility index (Phi) is 5.01. The van der Waals surface area contributed by atoms with Gasteiger partial charge in [-0.05, 0) is 36.5 Å². The number of benzene rings is 1. The van der Waals surface area contributed by atoms with Gasteiger partial charge in [-0.1, -0.05) is 25.8 Å². The number of ether oxygens (including phenoxy) is 2. The third kappa shape index (κ3) is 3.73. The fourth-order valence-electron chi connectivity index (χ4n) is 2.75. The molecule has 0 amide bonds. The van der Waals surface area contributed by atoms with E-state index in [2.05, 4.69) is 6.92 Å². The van der Waals surface area contributed by atoms with Gasteiger partial charge < -0.3 is 14.6 Å². The van der Waals surface area contributed by atoms with Crippen molar-refractivity contribution in [3.8, 4) is 5.75 Å². The number of carbonyl (C=O) groups is 1. The van der Waals surface area contributed by atoms with Crippen molar-refractivity contribution in [2.24, 2.45) is 5.92 Å². The number of carboxylic acids is 1. The first-order valence-corrected chi connectivity index (χ1v) is 7.12. The van der Waals surface area contributed by atoms with Crippen molar-refractivity contribution in [2.45, 2.75) is 45.3 Å². The van der Waals surface area contributed by atoms with E-state index in [1.165, 1.54) is 20.0 Å². The van der Waals surface area contributed by atoms with Gasteiger partial charge in [0, 0.05) is 0 Å². The molecule has 1 aromatic rings. The molecule has 1 fully saturated rings. The highest BCUT2D eigenvalue weighted by molar-refractivity contribution is 5.90. The molecule has 1 aromatic carbocycles. The highest BCUT2D eigenvalue weighted by atomic mass is 16.5. The van der Waals surface area contributed by atoms with Gasteiger partial charge in [-0.3, -0.25) is 0 Å². The molecule has 20 heavy (non-hydrogen) atoms. The lowest BCUT2D eigenvalue weighted by molar-refractivity contribution is 0.00458. The van der Waals surface area contributed by atoms with Crippen molar-refractivity contribution < 1.29 is 19.4 Å². The summed E-state index contributed by atoms with van der Waals surface area (Å²) < 4.78 is 11.1. The normalized spacial score (nSPS) is 22.5. The Morgan fingerprint density at radius 1 is 1.40 bits per heavy atom. The first-order chi connectivity index (χ1) is 9.60. The van der Waals surface area contributed by atoms with Gasteiger partial charge in [0.1, 0.15) is 11.3 Å². The molecule has 0 spiro atoms. The summed E-state index contributed by atoms with van der Waals surface area (Å²) in [7, 11) is 1.48. The maximum atomic E-state index is 11.0. The van der Waals surface area contributed by atoms with Gasteiger partial charge in [0.15, 0.2) is 0 Å². The summed E-state index contributed by atoms with van der Waals surface area (Å²) in [5.41, 5.74) is 1.13. The summed E-state index contributed by atoms with van der Waals surface area (Å²) in [6.45, 7) is 2.77. The Balaban J connectivity index is 1.97. The third-order valence-corrected chi connectivity index (χ3v) is 3.87. The lowest BCUT2D eigenvalue weighted by atomic mass is 9.89. The fourth-order valence-corrected chi connectivity index (χ4v) is 2.75. The highest BCUT2D eigenvalue weighted by Gasteiger charge is 2.19. The molecule has 2 atom stereocenters. The van der Waals surface area contributed by atoms with Crippen LogP contribution in [0.3, 0.4) is 0 Å². The summed E-state index contributed by atoms with van der Waals surface area (Å²) in [6, 6.07) is 5.11. The van der Waals surface area contributed by atoms with Gasteiger partial charge in [-0.25, -0.2) is 4.79 Å². The molecule has 0 aromatic heterocycles. The van der Waals surface area contributed by atoms with E-state index in [0.717, 1.165) is 24.3 Å². The predicted molar refractivity (Wildman–Crippen MR) is 76.2 cm³/mol. The molecule has 110 valence electrons. The van der Waals surface area contributed by atoms with Crippen LogP contribution < -0.4 is 4.74 Å². The molecule has 2 unspecified atom stereocenters. The van der Waals surface area contributed by atoms with Crippen molar-refractivity contribution in [3.63, 3.8) is 0 Å². The molecular formula is C16H22O4. The van der Waals surface area contributed by atoms with Crippen LogP contribution in [0.25, 0.3) is 0 Å². The van der Waals surface area contributed by atoms with Crippen LogP contribution in [0.4, 0.5) is 0 Å². The number of hydrogen-bond acceptors (Lipinski definition) is 3. The molecular weight excluding hydrogens is 256 g/mol. The second-order valence-corrected chi connectivity index (χ2v) is 5.54. The van der Waals surface area contributed by atoms with E-state index in [1.54, 1.807) is 18.2 Å².